The van der Waals surface area contributed by atoms with Crippen molar-refractivity contribution in [2.75, 3.05) is 6.54 Å². The number of rotatable bonds is 10. The molecule has 2 rings (SSSR count). The molecule has 1 fully saturated rings. The molecule has 0 heterocycles. The zero-order valence-electron chi connectivity index (χ0n) is 13.8. The maximum atomic E-state index is 3.78. The number of nitrogens with one attached hydrogen (secondary N) is 1. The smallest absolute Gasteiger partial charge is 0.00672 e. The van der Waals surface area contributed by atoms with Gasteiger partial charge in [-0.15, -0.1) is 0 Å². The van der Waals surface area contributed by atoms with Gasteiger partial charge in [-0.05, 0) is 56.6 Å². The quantitative estimate of drug-likeness (QED) is 0.612. The highest BCUT2D eigenvalue weighted by molar-refractivity contribution is 5.14. The molecule has 0 saturated heterocycles. The molecular weight excluding hydrogens is 254 g/mol. The Kier molecular flexibility index (Phi) is 7.88. The van der Waals surface area contributed by atoms with Crippen LogP contribution in [-0.4, -0.2) is 12.6 Å². The molecule has 21 heavy (non-hydrogen) atoms. The van der Waals surface area contributed by atoms with Crippen LogP contribution in [0.15, 0.2) is 30.3 Å². The van der Waals surface area contributed by atoms with E-state index in [9.17, 15) is 0 Å². The average molecular weight is 287 g/mol. The first kappa shape index (κ1) is 16.5. The molecule has 0 aliphatic heterocycles. The van der Waals surface area contributed by atoms with E-state index in [-0.39, 0.29) is 0 Å². The molecule has 1 N–H and O–H groups in total. The second kappa shape index (κ2) is 10.00. The van der Waals surface area contributed by atoms with Gasteiger partial charge in [0.1, 0.15) is 0 Å². The van der Waals surface area contributed by atoms with Gasteiger partial charge >= 0.3 is 0 Å². The molecule has 1 aromatic carbocycles. The fourth-order valence-electron chi connectivity index (χ4n) is 3.63. The van der Waals surface area contributed by atoms with Crippen LogP contribution in [-0.2, 0) is 6.42 Å². The van der Waals surface area contributed by atoms with E-state index >= 15 is 0 Å². The summed E-state index contributed by atoms with van der Waals surface area (Å²) in [6, 6.07) is 11.7. The summed E-state index contributed by atoms with van der Waals surface area (Å²) in [6.45, 7) is 3.45. The third kappa shape index (κ3) is 6.65. The molecule has 1 aliphatic carbocycles. The van der Waals surface area contributed by atoms with Gasteiger partial charge in [-0.2, -0.15) is 0 Å². The van der Waals surface area contributed by atoms with Gasteiger partial charge in [0.15, 0.2) is 0 Å². The van der Waals surface area contributed by atoms with E-state index in [1.54, 1.807) is 0 Å². The Bertz CT molecular complexity index is 353. The molecule has 118 valence electrons. The first-order chi connectivity index (χ1) is 10.4. The molecule has 1 aliphatic rings. The van der Waals surface area contributed by atoms with Crippen molar-refractivity contribution in [2.24, 2.45) is 5.92 Å². The lowest BCUT2D eigenvalue weighted by molar-refractivity contribution is 0.384. The Morgan fingerprint density at radius 1 is 1.10 bits per heavy atom. The van der Waals surface area contributed by atoms with E-state index in [1.807, 2.05) is 0 Å². The monoisotopic (exact) mass is 287 g/mol. The molecule has 1 atom stereocenters. The molecule has 1 heteroatoms. The zero-order chi connectivity index (χ0) is 14.8. The van der Waals surface area contributed by atoms with Crippen LogP contribution < -0.4 is 5.32 Å². The maximum absolute atomic E-state index is 3.78. The highest BCUT2D eigenvalue weighted by atomic mass is 14.9. The Labute approximate surface area is 131 Å². The summed E-state index contributed by atoms with van der Waals surface area (Å²) >= 11 is 0. The highest BCUT2D eigenvalue weighted by Gasteiger charge is 2.17. The number of aryl methyl sites for hydroxylation is 1. The number of hydrogen-bond acceptors (Lipinski definition) is 1. The van der Waals surface area contributed by atoms with E-state index in [0.717, 1.165) is 12.0 Å². The van der Waals surface area contributed by atoms with Crippen molar-refractivity contribution in [1.82, 2.24) is 5.32 Å². The lowest BCUT2D eigenvalue weighted by atomic mass is 9.95. The van der Waals surface area contributed by atoms with Crippen molar-refractivity contribution in [3.63, 3.8) is 0 Å². The second-order valence-corrected chi connectivity index (χ2v) is 6.76. The molecule has 0 radical (unpaired) electrons. The van der Waals surface area contributed by atoms with Gasteiger partial charge in [0.25, 0.3) is 0 Å². The van der Waals surface area contributed by atoms with Crippen LogP contribution in [0.3, 0.4) is 0 Å². The van der Waals surface area contributed by atoms with E-state index in [1.165, 1.54) is 76.3 Å². The molecule has 0 aromatic heterocycles. The van der Waals surface area contributed by atoms with Crippen LogP contribution in [0.4, 0.5) is 0 Å². The Morgan fingerprint density at radius 3 is 2.57 bits per heavy atom. The maximum Gasteiger partial charge on any atom is 0.00672 e. The summed E-state index contributed by atoms with van der Waals surface area (Å²) in [6.07, 6.45) is 13.9. The SMILES string of the molecule is CCCNC(CCCc1ccccc1)CCC1CCCC1. The van der Waals surface area contributed by atoms with Gasteiger partial charge in [0, 0.05) is 6.04 Å². The van der Waals surface area contributed by atoms with Gasteiger partial charge in [-0.3, -0.25) is 0 Å². The van der Waals surface area contributed by atoms with Crippen LogP contribution in [0.1, 0.15) is 70.3 Å². The fourth-order valence-corrected chi connectivity index (χ4v) is 3.63. The summed E-state index contributed by atoms with van der Waals surface area (Å²) in [4.78, 5) is 0. The molecular formula is C20H33N. The number of hydrogen-bond donors (Lipinski definition) is 1. The number of benzene rings is 1. The summed E-state index contributed by atoms with van der Waals surface area (Å²) in [5.41, 5.74) is 1.49. The van der Waals surface area contributed by atoms with Crippen molar-refractivity contribution in [3.05, 3.63) is 35.9 Å². The van der Waals surface area contributed by atoms with Crippen molar-refractivity contribution in [3.8, 4) is 0 Å². The highest BCUT2D eigenvalue weighted by Crippen LogP contribution is 2.29. The molecule has 1 nitrogen and oxygen atoms in total. The summed E-state index contributed by atoms with van der Waals surface area (Å²) in [5, 5.41) is 3.78. The predicted octanol–water partition coefficient (Wildman–Crippen LogP) is 5.35. The van der Waals surface area contributed by atoms with Crippen molar-refractivity contribution < 1.29 is 0 Å². The van der Waals surface area contributed by atoms with Crippen LogP contribution in [0.25, 0.3) is 0 Å². The summed E-state index contributed by atoms with van der Waals surface area (Å²) < 4.78 is 0. The lowest BCUT2D eigenvalue weighted by Crippen LogP contribution is -2.30. The van der Waals surface area contributed by atoms with Gasteiger partial charge in [0.05, 0.1) is 0 Å². The average Bonchev–Trinajstić information content (AvgIpc) is 3.04. The molecule has 0 bridgehead atoms. The normalized spacial score (nSPS) is 17.2. The minimum Gasteiger partial charge on any atom is -0.314 e. The molecule has 0 spiro atoms. The first-order valence-electron chi connectivity index (χ1n) is 9.15. The van der Waals surface area contributed by atoms with E-state index in [2.05, 4.69) is 42.6 Å². The molecule has 1 unspecified atom stereocenters. The minimum atomic E-state index is 0.745. The van der Waals surface area contributed by atoms with Gasteiger partial charge in [0.2, 0.25) is 0 Å². The van der Waals surface area contributed by atoms with E-state index in [0.29, 0.717) is 0 Å². The van der Waals surface area contributed by atoms with Gasteiger partial charge in [-0.25, -0.2) is 0 Å². The summed E-state index contributed by atoms with van der Waals surface area (Å²) in [5.74, 6) is 1.03. The van der Waals surface area contributed by atoms with Crippen molar-refractivity contribution >= 4 is 0 Å². The standard InChI is InChI=1S/C20H33N/c1-2-17-21-20(16-15-19-11-6-7-12-19)14-8-13-18-9-4-3-5-10-18/h3-5,9-10,19-21H,2,6-8,11-17H2,1H3. The molecule has 1 aromatic rings. The topological polar surface area (TPSA) is 12.0 Å². The predicted molar refractivity (Wildman–Crippen MR) is 92.7 cm³/mol. The first-order valence-corrected chi connectivity index (χ1v) is 9.15. The van der Waals surface area contributed by atoms with Crippen LogP contribution in [0, 0.1) is 5.92 Å². The summed E-state index contributed by atoms with van der Waals surface area (Å²) in [7, 11) is 0. The Morgan fingerprint density at radius 2 is 1.86 bits per heavy atom. The van der Waals surface area contributed by atoms with Gasteiger partial charge < -0.3 is 5.32 Å². The largest absolute Gasteiger partial charge is 0.314 e. The lowest BCUT2D eigenvalue weighted by Gasteiger charge is -2.20. The van der Waals surface area contributed by atoms with Gasteiger partial charge in [-0.1, -0.05) is 62.9 Å². The fraction of sp³-hybridized carbons (Fsp3) is 0.700. The Balaban J connectivity index is 1.67. The van der Waals surface area contributed by atoms with Crippen LogP contribution >= 0.6 is 0 Å². The third-order valence-corrected chi connectivity index (χ3v) is 4.94. The third-order valence-electron chi connectivity index (χ3n) is 4.94. The Hall–Kier alpha value is -0.820. The van der Waals surface area contributed by atoms with Crippen LogP contribution in [0.2, 0.25) is 0 Å². The molecule has 0 amide bonds. The minimum absolute atomic E-state index is 0.745. The van der Waals surface area contributed by atoms with E-state index < -0.39 is 0 Å². The second-order valence-electron chi connectivity index (χ2n) is 6.76. The van der Waals surface area contributed by atoms with Crippen molar-refractivity contribution in [2.45, 2.75) is 77.2 Å². The van der Waals surface area contributed by atoms with Crippen molar-refractivity contribution in [1.29, 1.82) is 0 Å². The molecule has 1 saturated carbocycles. The zero-order valence-corrected chi connectivity index (χ0v) is 13.8. The van der Waals surface area contributed by atoms with Crippen LogP contribution in [0.5, 0.6) is 0 Å². The van der Waals surface area contributed by atoms with E-state index in [4.69, 9.17) is 0 Å².